The minimum Gasteiger partial charge on any atom is -0.466 e. The number of hydrogen-bond donors (Lipinski definition) is 3. The zero-order valence-electron chi connectivity index (χ0n) is 11.5. The lowest BCUT2D eigenvalue weighted by Gasteiger charge is -2.07. The molecule has 19 heavy (non-hydrogen) atoms. The summed E-state index contributed by atoms with van der Waals surface area (Å²) >= 11 is 0. The number of ether oxygens (including phenoxy) is 1. The predicted molar refractivity (Wildman–Crippen MR) is 74.7 cm³/mol. The molecule has 0 aliphatic heterocycles. The molecule has 3 N–H and O–H groups in total. The third-order valence-corrected chi connectivity index (χ3v) is 2.07. The van der Waals surface area contributed by atoms with E-state index in [-0.39, 0.29) is 12.5 Å². The van der Waals surface area contributed by atoms with Crippen molar-refractivity contribution in [2.75, 3.05) is 19.0 Å². The van der Waals surface area contributed by atoms with Crippen LogP contribution in [0.1, 0.15) is 12.5 Å². The average Bonchev–Trinajstić information content (AvgIpc) is 2.37. The van der Waals surface area contributed by atoms with Crippen LogP contribution in [0.3, 0.4) is 0 Å². The van der Waals surface area contributed by atoms with Crippen molar-refractivity contribution >= 4 is 11.7 Å². The van der Waals surface area contributed by atoms with Gasteiger partial charge < -0.3 is 20.3 Å². The molecule has 1 aromatic carbocycles. The van der Waals surface area contributed by atoms with E-state index in [1.165, 1.54) is 12.7 Å². The SMILES string of the molecule is C=C(C)C(=O)OC.Cc1ccc(NCC(O)O)cc1. The number of benzene rings is 1. The van der Waals surface area contributed by atoms with Crippen molar-refractivity contribution in [1.82, 2.24) is 0 Å². The van der Waals surface area contributed by atoms with Crippen LogP contribution in [-0.4, -0.2) is 36.1 Å². The Labute approximate surface area is 113 Å². The molecule has 0 aliphatic rings. The van der Waals surface area contributed by atoms with Crippen LogP contribution in [0.4, 0.5) is 5.69 Å². The molecule has 0 fully saturated rings. The molecule has 0 atom stereocenters. The second kappa shape index (κ2) is 9.13. The molecule has 0 amide bonds. The van der Waals surface area contributed by atoms with Crippen LogP contribution in [-0.2, 0) is 9.53 Å². The van der Waals surface area contributed by atoms with E-state index in [4.69, 9.17) is 10.2 Å². The van der Waals surface area contributed by atoms with Crippen LogP contribution in [0, 0.1) is 6.92 Å². The minimum atomic E-state index is -1.30. The molecule has 1 aromatic rings. The number of methoxy groups -OCH3 is 1. The molecule has 0 aliphatic carbocycles. The second-order valence-corrected chi connectivity index (χ2v) is 4.00. The molecule has 0 aromatic heterocycles. The predicted octanol–water partition coefficient (Wildman–Crippen LogP) is 1.45. The van der Waals surface area contributed by atoms with Gasteiger partial charge in [0.1, 0.15) is 0 Å². The van der Waals surface area contributed by atoms with E-state index >= 15 is 0 Å². The van der Waals surface area contributed by atoms with Crippen LogP contribution in [0.2, 0.25) is 0 Å². The molecular weight excluding hydrogens is 246 g/mol. The summed E-state index contributed by atoms with van der Waals surface area (Å²) in [7, 11) is 1.33. The first kappa shape index (κ1) is 17.2. The van der Waals surface area contributed by atoms with Gasteiger partial charge in [0.05, 0.1) is 13.7 Å². The third kappa shape index (κ3) is 8.82. The number of aliphatic hydroxyl groups excluding tert-OH is 1. The van der Waals surface area contributed by atoms with Crippen molar-refractivity contribution < 1.29 is 19.7 Å². The highest BCUT2D eigenvalue weighted by Crippen LogP contribution is 2.07. The Bertz CT molecular complexity index is 398. The highest BCUT2D eigenvalue weighted by molar-refractivity contribution is 5.86. The van der Waals surface area contributed by atoms with Gasteiger partial charge in [-0.3, -0.25) is 0 Å². The molecule has 0 heterocycles. The first-order chi connectivity index (χ1) is 8.86. The van der Waals surface area contributed by atoms with Crippen LogP contribution < -0.4 is 5.32 Å². The molecule has 1 rings (SSSR count). The minimum absolute atomic E-state index is 0.156. The van der Waals surface area contributed by atoms with Gasteiger partial charge in [-0.15, -0.1) is 0 Å². The Morgan fingerprint density at radius 2 is 1.89 bits per heavy atom. The number of rotatable bonds is 4. The summed E-state index contributed by atoms with van der Waals surface area (Å²) in [5, 5.41) is 20.0. The van der Waals surface area contributed by atoms with Crippen molar-refractivity contribution in [2.24, 2.45) is 0 Å². The molecule has 0 unspecified atom stereocenters. The zero-order valence-corrected chi connectivity index (χ0v) is 11.5. The number of hydrogen-bond acceptors (Lipinski definition) is 5. The Balaban J connectivity index is 0.000000399. The van der Waals surface area contributed by atoms with Crippen molar-refractivity contribution in [2.45, 2.75) is 20.1 Å². The first-order valence-electron chi connectivity index (χ1n) is 5.77. The summed E-state index contributed by atoms with van der Waals surface area (Å²) in [5.74, 6) is -0.347. The highest BCUT2D eigenvalue weighted by atomic mass is 16.5. The molecule has 0 saturated carbocycles. The number of aryl methyl sites for hydroxylation is 1. The number of carbonyl (C=O) groups is 1. The summed E-state index contributed by atoms with van der Waals surface area (Å²) in [4.78, 5) is 10.2. The van der Waals surface area contributed by atoms with Crippen LogP contribution >= 0.6 is 0 Å². The van der Waals surface area contributed by atoms with Gasteiger partial charge >= 0.3 is 5.97 Å². The normalized spacial score (nSPS) is 9.37. The van der Waals surface area contributed by atoms with Gasteiger partial charge in [0.25, 0.3) is 0 Å². The molecule has 0 radical (unpaired) electrons. The van der Waals surface area contributed by atoms with E-state index in [0.29, 0.717) is 5.57 Å². The van der Waals surface area contributed by atoms with E-state index in [1.807, 2.05) is 31.2 Å². The van der Waals surface area contributed by atoms with E-state index in [1.54, 1.807) is 6.92 Å². The number of aliphatic hydroxyl groups is 2. The fraction of sp³-hybridized carbons (Fsp3) is 0.357. The topological polar surface area (TPSA) is 78.8 Å². The van der Waals surface area contributed by atoms with Crippen molar-refractivity contribution in [3.8, 4) is 0 Å². The maximum atomic E-state index is 10.2. The van der Waals surface area contributed by atoms with Gasteiger partial charge in [0.15, 0.2) is 6.29 Å². The quantitative estimate of drug-likeness (QED) is 0.437. The molecule has 106 valence electrons. The molecule has 5 nitrogen and oxygen atoms in total. The Morgan fingerprint density at radius 1 is 1.37 bits per heavy atom. The second-order valence-electron chi connectivity index (χ2n) is 4.00. The monoisotopic (exact) mass is 267 g/mol. The van der Waals surface area contributed by atoms with E-state index < -0.39 is 6.29 Å². The first-order valence-corrected chi connectivity index (χ1v) is 5.77. The lowest BCUT2D eigenvalue weighted by Crippen LogP contribution is -2.18. The zero-order chi connectivity index (χ0) is 14.8. The number of carbonyl (C=O) groups excluding carboxylic acids is 1. The summed E-state index contributed by atoms with van der Waals surface area (Å²) in [6.07, 6.45) is -1.30. The molecule has 5 heteroatoms. The van der Waals surface area contributed by atoms with Crippen molar-refractivity contribution in [3.63, 3.8) is 0 Å². The van der Waals surface area contributed by atoms with E-state index in [9.17, 15) is 4.79 Å². The summed E-state index contributed by atoms with van der Waals surface area (Å²) < 4.78 is 4.27. The fourth-order valence-corrected chi connectivity index (χ4v) is 1.05. The molecular formula is C14H21NO4. The Morgan fingerprint density at radius 3 is 2.21 bits per heavy atom. The number of anilines is 1. The van der Waals surface area contributed by atoms with Gasteiger partial charge in [0, 0.05) is 11.3 Å². The average molecular weight is 267 g/mol. The maximum absolute atomic E-state index is 10.2. The highest BCUT2D eigenvalue weighted by Gasteiger charge is 1.96. The maximum Gasteiger partial charge on any atom is 0.332 e. The lowest BCUT2D eigenvalue weighted by molar-refractivity contribution is -0.136. The van der Waals surface area contributed by atoms with E-state index in [0.717, 1.165) is 5.69 Å². The van der Waals surface area contributed by atoms with Gasteiger partial charge in [-0.1, -0.05) is 24.3 Å². The van der Waals surface area contributed by atoms with Crippen LogP contribution in [0.5, 0.6) is 0 Å². The van der Waals surface area contributed by atoms with Gasteiger partial charge in [0.2, 0.25) is 0 Å². The Hall–Kier alpha value is -1.85. The largest absolute Gasteiger partial charge is 0.466 e. The molecule has 0 spiro atoms. The number of esters is 1. The molecule has 0 saturated heterocycles. The third-order valence-electron chi connectivity index (χ3n) is 2.07. The summed E-state index contributed by atoms with van der Waals surface area (Å²) in [5.41, 5.74) is 2.52. The van der Waals surface area contributed by atoms with Crippen molar-refractivity contribution in [1.29, 1.82) is 0 Å². The lowest BCUT2D eigenvalue weighted by atomic mass is 10.2. The standard InChI is InChI=1S/C9H13NO2.C5H8O2/c1-7-2-4-8(5-3-7)10-6-9(11)12;1-4(2)5(6)7-3/h2-5,9-12H,6H2,1H3;1H2,2-3H3. The fourth-order valence-electron chi connectivity index (χ4n) is 1.05. The van der Waals surface area contributed by atoms with Gasteiger partial charge in [-0.05, 0) is 26.0 Å². The van der Waals surface area contributed by atoms with E-state index in [2.05, 4.69) is 16.6 Å². The molecule has 0 bridgehead atoms. The summed E-state index contributed by atoms with van der Waals surface area (Å²) in [6.45, 7) is 7.11. The van der Waals surface area contributed by atoms with Crippen LogP contribution in [0.25, 0.3) is 0 Å². The number of nitrogens with one attached hydrogen (secondary N) is 1. The smallest absolute Gasteiger partial charge is 0.332 e. The Kier molecular flexibility index (Phi) is 8.24. The van der Waals surface area contributed by atoms with Crippen molar-refractivity contribution in [3.05, 3.63) is 42.0 Å². The summed E-state index contributed by atoms with van der Waals surface area (Å²) in [6, 6.07) is 7.73. The van der Waals surface area contributed by atoms with Crippen LogP contribution in [0.15, 0.2) is 36.4 Å². The van der Waals surface area contributed by atoms with Gasteiger partial charge in [-0.25, -0.2) is 4.79 Å². The van der Waals surface area contributed by atoms with Gasteiger partial charge in [-0.2, -0.15) is 0 Å².